The molecule has 4 heterocycles. The van der Waals surface area contributed by atoms with Gasteiger partial charge < -0.3 is 18.6 Å². The van der Waals surface area contributed by atoms with Crippen molar-refractivity contribution in [3.05, 3.63) is 320 Å². The number of furan rings is 2. The van der Waals surface area contributed by atoms with Gasteiger partial charge in [0.25, 0.3) is 6.71 Å². The Morgan fingerprint density at radius 2 is 0.634 bits per heavy atom. The minimum absolute atomic E-state index is 0.187. The number of para-hydroxylation sites is 3. The molecular weight excluding hydrogens is 1220 g/mol. The smallest absolute Gasteiger partial charge is 0.252 e. The first-order valence-electron chi connectivity index (χ1n) is 35.6. The van der Waals surface area contributed by atoms with Gasteiger partial charge in [-0.3, -0.25) is 0 Å². The van der Waals surface area contributed by atoms with E-state index in [-0.39, 0.29) is 23.0 Å². The summed E-state index contributed by atoms with van der Waals surface area (Å²) in [5.41, 5.74) is 32.7. The second-order valence-corrected chi connectivity index (χ2v) is 30.8. The van der Waals surface area contributed by atoms with Crippen molar-refractivity contribution in [1.82, 2.24) is 0 Å². The Kier molecular flexibility index (Phi) is 14.3. The predicted molar refractivity (Wildman–Crippen MR) is 429 cm³/mol. The van der Waals surface area contributed by atoms with Gasteiger partial charge in [0.15, 0.2) is 0 Å². The van der Waals surface area contributed by atoms with Gasteiger partial charge in [-0.2, -0.15) is 0 Å². The van der Waals surface area contributed by atoms with E-state index in [0.29, 0.717) is 0 Å². The lowest BCUT2D eigenvalue weighted by Crippen LogP contribution is -2.61. The molecule has 0 saturated carbocycles. The van der Waals surface area contributed by atoms with Crippen molar-refractivity contribution < 1.29 is 8.83 Å². The minimum Gasteiger partial charge on any atom is -0.456 e. The molecule has 16 aromatic rings. The van der Waals surface area contributed by atoms with E-state index in [2.05, 4.69) is 375 Å². The van der Waals surface area contributed by atoms with Crippen LogP contribution in [-0.4, -0.2) is 6.71 Å². The van der Waals surface area contributed by atoms with Gasteiger partial charge in [0.1, 0.15) is 22.3 Å². The monoisotopic (exact) mass is 1300 g/mol. The average molecular weight is 1300 g/mol. The zero-order valence-corrected chi connectivity index (χ0v) is 58.7. The van der Waals surface area contributed by atoms with Crippen molar-refractivity contribution in [3.63, 3.8) is 0 Å². The summed E-state index contributed by atoms with van der Waals surface area (Å²) in [5.74, 6) is 0. The van der Waals surface area contributed by atoms with Crippen molar-refractivity contribution in [1.29, 1.82) is 0 Å². The fourth-order valence-corrected chi connectivity index (χ4v) is 16.2. The Labute approximate surface area is 592 Å². The fourth-order valence-electron chi connectivity index (χ4n) is 16.2. The molecule has 0 unspecified atom stereocenters. The highest BCUT2D eigenvalue weighted by molar-refractivity contribution is 7.00. The van der Waals surface area contributed by atoms with Crippen LogP contribution in [0.25, 0.3) is 122 Å². The Hall–Kier alpha value is -11.7. The molecule has 5 heteroatoms. The predicted octanol–water partition coefficient (Wildman–Crippen LogP) is 25.1. The number of hydrogen-bond donors (Lipinski definition) is 0. The molecule has 0 aliphatic carbocycles. The van der Waals surface area contributed by atoms with Crippen LogP contribution in [0.2, 0.25) is 0 Å². The van der Waals surface area contributed by atoms with E-state index in [4.69, 9.17) is 8.83 Å². The van der Waals surface area contributed by atoms with Crippen LogP contribution in [-0.2, 0) is 16.2 Å². The molecule has 0 fully saturated rings. The molecule has 0 bridgehead atoms. The van der Waals surface area contributed by atoms with Crippen LogP contribution in [0.5, 0.6) is 0 Å². The summed E-state index contributed by atoms with van der Waals surface area (Å²) in [6.07, 6.45) is 0. The molecule has 14 aromatic carbocycles. The van der Waals surface area contributed by atoms with Gasteiger partial charge in [0.05, 0.1) is 11.4 Å². The van der Waals surface area contributed by atoms with Gasteiger partial charge in [-0.05, 0) is 184 Å². The normalized spacial score (nSPS) is 12.9. The van der Waals surface area contributed by atoms with E-state index in [9.17, 15) is 0 Å². The SMILES string of the molecule is CC(C)(C)c1cc(-c2cccc3oc4ccccc4c23)c(N2c3ccc(-c4cc(-c5ccccc5)cc(-c5ccccc5)c4)cc3B3c4ccc(C(C)(C)C)cc4N(c4c(-c5ccccc5)cccc4-c4ccccc4)c4cc(C(C)(C)C)cc2c43)c(-c2cccc3oc4ccccc4c23)c1. The molecule has 2 aliphatic rings. The quantitative estimate of drug-likeness (QED) is 0.135. The maximum atomic E-state index is 6.92. The van der Waals surface area contributed by atoms with Crippen LogP contribution in [0.15, 0.2) is 312 Å². The second-order valence-electron chi connectivity index (χ2n) is 30.8. The minimum atomic E-state index is -0.332. The van der Waals surface area contributed by atoms with E-state index >= 15 is 0 Å². The Balaban J connectivity index is 1.04. The summed E-state index contributed by atoms with van der Waals surface area (Å²) in [6, 6.07) is 113. The Morgan fingerprint density at radius 1 is 0.248 bits per heavy atom. The van der Waals surface area contributed by atoms with Crippen LogP contribution >= 0.6 is 0 Å². The van der Waals surface area contributed by atoms with E-state index in [1.807, 2.05) is 0 Å². The van der Waals surface area contributed by atoms with Crippen LogP contribution in [0, 0.1) is 0 Å². The third-order valence-electron chi connectivity index (χ3n) is 21.3. The highest BCUT2D eigenvalue weighted by Crippen LogP contribution is 2.57. The molecule has 2 aromatic heterocycles. The molecule has 4 nitrogen and oxygen atoms in total. The first-order chi connectivity index (χ1) is 49.0. The first-order valence-corrected chi connectivity index (χ1v) is 35.6. The Bertz CT molecular complexity index is 5710. The summed E-state index contributed by atoms with van der Waals surface area (Å²) in [4.78, 5) is 5.41. The number of anilines is 6. The highest BCUT2D eigenvalue weighted by atomic mass is 16.3. The molecule has 0 spiro atoms. The van der Waals surface area contributed by atoms with Gasteiger partial charge in [0, 0.05) is 66.5 Å². The average Bonchev–Trinajstić information content (AvgIpc) is 1.08. The lowest BCUT2D eigenvalue weighted by Gasteiger charge is -2.47. The zero-order chi connectivity index (χ0) is 68.6. The number of hydrogen-bond acceptors (Lipinski definition) is 4. The van der Waals surface area contributed by atoms with E-state index in [0.717, 1.165) is 128 Å². The molecule has 0 radical (unpaired) electrons. The van der Waals surface area contributed by atoms with Crippen molar-refractivity contribution in [3.8, 4) is 77.9 Å². The summed E-state index contributed by atoms with van der Waals surface area (Å²) < 4.78 is 13.8. The number of benzene rings is 14. The van der Waals surface area contributed by atoms with Crippen LogP contribution < -0.4 is 26.2 Å². The van der Waals surface area contributed by atoms with Crippen molar-refractivity contribution in [2.45, 2.75) is 78.6 Å². The number of rotatable bonds is 9. The maximum absolute atomic E-state index is 6.92. The van der Waals surface area contributed by atoms with Gasteiger partial charge >= 0.3 is 0 Å². The summed E-state index contributed by atoms with van der Waals surface area (Å²) >= 11 is 0. The van der Waals surface area contributed by atoms with E-state index in [1.54, 1.807) is 0 Å². The van der Waals surface area contributed by atoms with Crippen LogP contribution in [0.4, 0.5) is 34.1 Å². The summed E-state index contributed by atoms with van der Waals surface area (Å²) in [5, 5.41) is 4.31. The van der Waals surface area contributed by atoms with Gasteiger partial charge in [-0.1, -0.05) is 287 Å². The van der Waals surface area contributed by atoms with Crippen molar-refractivity contribution >= 4 is 101 Å². The third kappa shape index (κ3) is 10.3. The van der Waals surface area contributed by atoms with Crippen LogP contribution in [0.3, 0.4) is 0 Å². The lowest BCUT2D eigenvalue weighted by molar-refractivity contribution is 0.590. The summed E-state index contributed by atoms with van der Waals surface area (Å²) in [7, 11) is 0. The third-order valence-corrected chi connectivity index (χ3v) is 21.3. The molecular formula is C96H77BN2O2. The van der Waals surface area contributed by atoms with Gasteiger partial charge in [-0.15, -0.1) is 0 Å². The standard InChI is InChI=1S/C96H77BN2O2/c1-94(2,3)68-48-49-79-82(57-68)99(92-71(62-33-18-12-19-34-62)39-26-40-72(92)63-35-20-13-21-36-63)84-59-70(96(7,8)9)58-83-91(84)97(79)80-54-64(67-52-65(60-29-14-10-15-30-60)51-66(53-67)61-31-16-11-17-32-61)47-50-81(80)98(83)93-77(73-41-27-45-87-89(73)75-37-22-24-43-85(75)100-87)55-69(95(4,5)6)56-78(93)74-42-28-46-88-90(74)76-38-23-25-44-86(76)101-88/h10-59H,1-9H3. The molecule has 0 N–H and O–H groups in total. The molecule has 2 aliphatic heterocycles. The van der Waals surface area contributed by atoms with Gasteiger partial charge in [-0.25, -0.2) is 0 Å². The largest absolute Gasteiger partial charge is 0.456 e. The molecule has 101 heavy (non-hydrogen) atoms. The van der Waals surface area contributed by atoms with Crippen LogP contribution in [0.1, 0.15) is 79.0 Å². The molecule has 0 atom stereocenters. The zero-order valence-electron chi connectivity index (χ0n) is 58.7. The van der Waals surface area contributed by atoms with Crippen molar-refractivity contribution in [2.75, 3.05) is 9.80 Å². The van der Waals surface area contributed by atoms with E-state index < -0.39 is 0 Å². The number of fused-ring (bicyclic) bond motifs is 10. The molecule has 18 rings (SSSR count). The second kappa shape index (κ2) is 23.5. The van der Waals surface area contributed by atoms with Gasteiger partial charge in [0.2, 0.25) is 0 Å². The first kappa shape index (κ1) is 61.7. The van der Waals surface area contributed by atoms with E-state index in [1.165, 1.54) is 61.0 Å². The topological polar surface area (TPSA) is 32.8 Å². The summed E-state index contributed by atoms with van der Waals surface area (Å²) in [6.45, 7) is 21.0. The molecule has 0 saturated heterocycles. The molecule has 486 valence electrons. The maximum Gasteiger partial charge on any atom is 0.252 e. The number of nitrogens with zero attached hydrogens (tertiary/aromatic N) is 2. The Morgan fingerprint density at radius 3 is 1.12 bits per heavy atom. The lowest BCUT2D eigenvalue weighted by atomic mass is 9.33. The van der Waals surface area contributed by atoms with Crippen molar-refractivity contribution in [2.24, 2.45) is 0 Å². The molecule has 0 amide bonds. The fraction of sp³-hybridized carbons (Fsp3) is 0.125. The highest BCUT2D eigenvalue weighted by Gasteiger charge is 2.47.